The van der Waals surface area contributed by atoms with Crippen LogP contribution < -0.4 is 15.2 Å². The Morgan fingerprint density at radius 1 is 1.13 bits per heavy atom. The minimum absolute atomic E-state index is 0.0217. The van der Waals surface area contributed by atoms with Crippen LogP contribution in [0.25, 0.3) is 10.9 Å². The third kappa shape index (κ3) is 2.08. The quantitative estimate of drug-likeness (QED) is 0.730. The van der Waals surface area contributed by atoms with E-state index < -0.39 is 0 Å². The Morgan fingerprint density at radius 2 is 1.87 bits per heavy atom. The van der Waals surface area contributed by atoms with Crippen molar-refractivity contribution in [3.8, 4) is 5.75 Å². The molecule has 116 valence electrons. The fourth-order valence-corrected chi connectivity index (χ4v) is 3.13. The molecule has 5 nitrogen and oxygen atoms in total. The fourth-order valence-electron chi connectivity index (χ4n) is 3.13. The average molecular weight is 307 g/mol. The van der Waals surface area contributed by atoms with Crippen molar-refractivity contribution in [1.82, 2.24) is 9.55 Å². The number of methoxy groups -OCH3 is 1. The molecule has 0 amide bonds. The minimum Gasteiger partial charge on any atom is -0.497 e. The maximum Gasteiger partial charge on any atom is 0.262 e. The first-order valence-electron chi connectivity index (χ1n) is 7.59. The van der Waals surface area contributed by atoms with Crippen LogP contribution in [0.4, 0.5) is 5.69 Å². The van der Waals surface area contributed by atoms with Crippen LogP contribution >= 0.6 is 0 Å². The molecular weight excluding hydrogens is 290 g/mol. The number of nitrogens with zero attached hydrogens (tertiary/aromatic N) is 3. The standard InChI is InChI=1S/C18H17N3O2/c1-12-17-19-16-6-4-3-5-15(16)18(22)21(17)11-20(12)13-7-9-14(23-2)10-8-13/h3-10,12H,11H2,1-2H3. The summed E-state index contributed by atoms with van der Waals surface area (Å²) < 4.78 is 6.97. The zero-order chi connectivity index (χ0) is 16.0. The van der Waals surface area contributed by atoms with Gasteiger partial charge in [-0.1, -0.05) is 12.1 Å². The average Bonchev–Trinajstić information content (AvgIpc) is 2.93. The number of aromatic nitrogens is 2. The Morgan fingerprint density at radius 3 is 2.61 bits per heavy atom. The summed E-state index contributed by atoms with van der Waals surface area (Å²) in [5, 5.41) is 0.667. The molecule has 0 radical (unpaired) electrons. The summed E-state index contributed by atoms with van der Waals surface area (Å²) in [6.45, 7) is 2.59. The molecule has 2 aromatic carbocycles. The van der Waals surface area contributed by atoms with Gasteiger partial charge in [0, 0.05) is 5.69 Å². The highest BCUT2D eigenvalue weighted by Gasteiger charge is 2.30. The summed E-state index contributed by atoms with van der Waals surface area (Å²) in [5.41, 5.74) is 1.83. The molecule has 0 fully saturated rings. The zero-order valence-electron chi connectivity index (χ0n) is 13.1. The van der Waals surface area contributed by atoms with E-state index in [1.807, 2.05) is 48.5 Å². The van der Waals surface area contributed by atoms with Crippen LogP contribution in [-0.2, 0) is 6.67 Å². The van der Waals surface area contributed by atoms with E-state index in [1.54, 1.807) is 11.7 Å². The molecule has 4 rings (SSSR count). The molecule has 0 saturated carbocycles. The normalized spacial score (nSPS) is 16.6. The highest BCUT2D eigenvalue weighted by Crippen LogP contribution is 2.32. The van der Waals surface area contributed by atoms with Gasteiger partial charge in [-0.15, -0.1) is 0 Å². The molecule has 0 N–H and O–H groups in total. The van der Waals surface area contributed by atoms with Gasteiger partial charge in [-0.25, -0.2) is 4.98 Å². The van der Waals surface area contributed by atoms with Crippen LogP contribution in [0.5, 0.6) is 5.75 Å². The van der Waals surface area contributed by atoms with E-state index >= 15 is 0 Å². The number of hydrogen-bond acceptors (Lipinski definition) is 4. The third-order valence-electron chi connectivity index (χ3n) is 4.43. The Hall–Kier alpha value is -2.82. The zero-order valence-corrected chi connectivity index (χ0v) is 13.1. The molecule has 5 heteroatoms. The lowest BCUT2D eigenvalue weighted by molar-refractivity contribution is 0.415. The molecule has 1 aromatic heterocycles. The smallest absolute Gasteiger partial charge is 0.262 e. The van der Waals surface area contributed by atoms with Crippen molar-refractivity contribution in [3.63, 3.8) is 0 Å². The van der Waals surface area contributed by atoms with Gasteiger partial charge in [0.2, 0.25) is 0 Å². The van der Waals surface area contributed by atoms with Gasteiger partial charge in [-0.05, 0) is 43.3 Å². The number of anilines is 1. The third-order valence-corrected chi connectivity index (χ3v) is 4.43. The lowest BCUT2D eigenvalue weighted by atomic mass is 10.2. The number of para-hydroxylation sites is 1. The topological polar surface area (TPSA) is 47.4 Å². The van der Waals surface area contributed by atoms with Crippen LogP contribution in [0, 0.1) is 0 Å². The van der Waals surface area contributed by atoms with E-state index in [0.29, 0.717) is 12.1 Å². The molecule has 0 aliphatic carbocycles. The molecule has 23 heavy (non-hydrogen) atoms. The maximum atomic E-state index is 12.7. The Kier molecular flexibility index (Phi) is 3.08. The van der Waals surface area contributed by atoms with Gasteiger partial charge >= 0.3 is 0 Å². The summed E-state index contributed by atoms with van der Waals surface area (Å²) in [6, 6.07) is 15.4. The van der Waals surface area contributed by atoms with E-state index in [9.17, 15) is 4.79 Å². The van der Waals surface area contributed by atoms with Crippen molar-refractivity contribution >= 4 is 16.6 Å². The van der Waals surface area contributed by atoms with E-state index in [4.69, 9.17) is 9.72 Å². The molecule has 1 aliphatic heterocycles. The predicted molar refractivity (Wildman–Crippen MR) is 89.9 cm³/mol. The SMILES string of the molecule is COc1ccc(N2Cn3c(nc4ccccc4c3=O)C2C)cc1. The van der Waals surface area contributed by atoms with E-state index in [1.165, 1.54) is 0 Å². The summed E-state index contributed by atoms with van der Waals surface area (Å²) in [4.78, 5) is 19.6. The summed E-state index contributed by atoms with van der Waals surface area (Å²) in [5.74, 6) is 1.63. The van der Waals surface area contributed by atoms with Gasteiger partial charge in [0.25, 0.3) is 5.56 Å². The van der Waals surface area contributed by atoms with Gasteiger partial charge in [0.1, 0.15) is 18.2 Å². The monoisotopic (exact) mass is 307 g/mol. The second-order valence-corrected chi connectivity index (χ2v) is 5.71. The van der Waals surface area contributed by atoms with Crippen LogP contribution in [-0.4, -0.2) is 16.7 Å². The van der Waals surface area contributed by atoms with Crippen molar-refractivity contribution < 1.29 is 4.74 Å². The van der Waals surface area contributed by atoms with Crippen molar-refractivity contribution in [2.24, 2.45) is 0 Å². The minimum atomic E-state index is 0.0217. The van der Waals surface area contributed by atoms with Crippen LogP contribution in [0.3, 0.4) is 0 Å². The van der Waals surface area contributed by atoms with Crippen LogP contribution in [0.2, 0.25) is 0 Å². The van der Waals surface area contributed by atoms with Gasteiger partial charge in [-0.2, -0.15) is 0 Å². The Balaban J connectivity index is 1.80. The second-order valence-electron chi connectivity index (χ2n) is 5.71. The molecule has 0 saturated heterocycles. The highest BCUT2D eigenvalue weighted by atomic mass is 16.5. The van der Waals surface area contributed by atoms with Crippen molar-refractivity contribution in [2.45, 2.75) is 19.6 Å². The molecule has 0 spiro atoms. The molecule has 2 heterocycles. The first kappa shape index (κ1) is 13.8. The highest BCUT2D eigenvalue weighted by molar-refractivity contribution is 5.77. The second kappa shape index (κ2) is 5.12. The maximum absolute atomic E-state index is 12.7. The van der Waals surface area contributed by atoms with E-state index in [2.05, 4.69) is 11.8 Å². The molecule has 1 atom stereocenters. The largest absolute Gasteiger partial charge is 0.497 e. The number of fused-ring (bicyclic) bond motifs is 2. The van der Waals surface area contributed by atoms with Crippen LogP contribution in [0.15, 0.2) is 53.3 Å². The lowest BCUT2D eigenvalue weighted by Crippen LogP contribution is -2.24. The molecule has 1 aliphatic rings. The number of benzene rings is 2. The van der Waals surface area contributed by atoms with Crippen molar-refractivity contribution in [1.29, 1.82) is 0 Å². The van der Waals surface area contributed by atoms with Crippen LogP contribution in [0.1, 0.15) is 18.8 Å². The number of ether oxygens (including phenoxy) is 1. The number of hydrogen-bond donors (Lipinski definition) is 0. The molecule has 0 bridgehead atoms. The molecule has 1 unspecified atom stereocenters. The predicted octanol–water partition coefficient (Wildman–Crippen LogP) is 2.94. The summed E-state index contributed by atoms with van der Waals surface area (Å²) in [7, 11) is 1.65. The van der Waals surface area contributed by atoms with Crippen molar-refractivity contribution in [3.05, 3.63) is 64.7 Å². The first-order valence-corrected chi connectivity index (χ1v) is 7.59. The summed E-state index contributed by atoms with van der Waals surface area (Å²) in [6.07, 6.45) is 0. The Labute approximate surface area is 133 Å². The fraction of sp³-hybridized carbons (Fsp3) is 0.222. The van der Waals surface area contributed by atoms with E-state index in [-0.39, 0.29) is 11.6 Å². The van der Waals surface area contributed by atoms with E-state index in [0.717, 1.165) is 22.8 Å². The van der Waals surface area contributed by atoms with Gasteiger partial charge in [0.15, 0.2) is 0 Å². The molecular formula is C18H17N3O2. The van der Waals surface area contributed by atoms with Gasteiger partial charge in [0.05, 0.1) is 24.1 Å². The first-order chi connectivity index (χ1) is 11.2. The number of rotatable bonds is 2. The summed E-state index contributed by atoms with van der Waals surface area (Å²) >= 11 is 0. The van der Waals surface area contributed by atoms with Crippen molar-refractivity contribution in [2.75, 3.05) is 12.0 Å². The van der Waals surface area contributed by atoms with Gasteiger partial charge in [-0.3, -0.25) is 9.36 Å². The lowest BCUT2D eigenvalue weighted by Gasteiger charge is -2.22. The molecule has 3 aromatic rings. The Bertz CT molecular complexity index is 931. The van der Waals surface area contributed by atoms with Gasteiger partial charge < -0.3 is 9.64 Å².